The molecule has 0 N–H and O–H groups in total. The maximum Gasteiger partial charge on any atom is 0.118 e. The number of rotatable bonds is 3. The average molecular weight is 487 g/mol. The lowest BCUT2D eigenvalue weighted by Gasteiger charge is -2.11. The standard InChI is InChI=1S/C37H26O/c1-38-30-19-15-25(16-20-30)28-17-21-33-34-22-18-29(32-14-8-12-26-9-6-7-13-31(26)32)24-36(34)37(35(33)23-28)27-10-4-2-3-5-11-27/h2-24H,1H3. The number of methoxy groups -OCH3 is 1. The summed E-state index contributed by atoms with van der Waals surface area (Å²) < 4.78 is 5.38. The van der Waals surface area contributed by atoms with E-state index in [1.54, 1.807) is 7.11 Å². The van der Waals surface area contributed by atoms with Crippen molar-refractivity contribution in [3.63, 3.8) is 0 Å². The van der Waals surface area contributed by atoms with Crippen LogP contribution >= 0.6 is 0 Å². The molecular formula is C37H26O. The number of allylic oxidation sites excluding steroid dienone is 7. The van der Waals surface area contributed by atoms with E-state index in [0.717, 1.165) is 5.75 Å². The monoisotopic (exact) mass is 486 g/mol. The first-order valence-electron chi connectivity index (χ1n) is 13.0. The molecule has 180 valence electrons. The lowest BCUT2D eigenvalue weighted by Crippen LogP contribution is -1.89. The van der Waals surface area contributed by atoms with E-state index in [9.17, 15) is 0 Å². The Morgan fingerprint density at radius 1 is 0.474 bits per heavy atom. The van der Waals surface area contributed by atoms with Gasteiger partial charge in [0.2, 0.25) is 0 Å². The van der Waals surface area contributed by atoms with E-state index in [-0.39, 0.29) is 0 Å². The average Bonchev–Trinajstić information content (AvgIpc) is 3.10. The fraction of sp³-hybridized carbons (Fsp3) is 0.0270. The molecule has 38 heavy (non-hydrogen) atoms. The van der Waals surface area contributed by atoms with Crippen LogP contribution in [0.1, 0.15) is 11.1 Å². The third kappa shape index (κ3) is 3.72. The smallest absolute Gasteiger partial charge is 0.118 e. The Hall–Kier alpha value is -4.88. The van der Waals surface area contributed by atoms with E-state index in [2.05, 4.69) is 127 Å². The Labute approximate surface area is 223 Å². The lowest BCUT2D eigenvalue weighted by molar-refractivity contribution is 0.415. The molecule has 1 heteroatoms. The van der Waals surface area contributed by atoms with Crippen molar-refractivity contribution >= 4 is 16.3 Å². The third-order valence-corrected chi connectivity index (χ3v) is 7.57. The third-order valence-electron chi connectivity index (χ3n) is 7.57. The van der Waals surface area contributed by atoms with Crippen LogP contribution in [0.25, 0.3) is 49.7 Å². The Balaban J connectivity index is 1.44. The van der Waals surface area contributed by atoms with Crippen molar-refractivity contribution in [3.8, 4) is 39.1 Å². The van der Waals surface area contributed by atoms with Gasteiger partial charge in [-0.3, -0.25) is 0 Å². The summed E-state index contributed by atoms with van der Waals surface area (Å²) in [6, 6.07) is 37.3. The highest BCUT2D eigenvalue weighted by Crippen LogP contribution is 2.49. The van der Waals surface area contributed by atoms with Crippen LogP contribution < -0.4 is 4.74 Å². The largest absolute Gasteiger partial charge is 0.497 e. The van der Waals surface area contributed by atoms with Crippen molar-refractivity contribution in [2.24, 2.45) is 0 Å². The Morgan fingerprint density at radius 2 is 1.11 bits per heavy atom. The van der Waals surface area contributed by atoms with Crippen LogP contribution in [0.3, 0.4) is 0 Å². The van der Waals surface area contributed by atoms with Gasteiger partial charge in [-0.2, -0.15) is 0 Å². The SMILES string of the molecule is COc1ccc(-c2ccc3c(c2)C(=C2C=CC=CC=C2)c2cc(-c4cccc5ccccc45)ccc2-3)cc1. The van der Waals surface area contributed by atoms with E-state index < -0.39 is 0 Å². The molecule has 2 aliphatic rings. The lowest BCUT2D eigenvalue weighted by atomic mass is 9.92. The van der Waals surface area contributed by atoms with Gasteiger partial charge in [0.05, 0.1) is 7.11 Å². The minimum Gasteiger partial charge on any atom is -0.497 e. The maximum atomic E-state index is 5.38. The van der Waals surface area contributed by atoms with Crippen LogP contribution in [0.5, 0.6) is 5.75 Å². The van der Waals surface area contributed by atoms with Gasteiger partial charge < -0.3 is 4.74 Å². The summed E-state index contributed by atoms with van der Waals surface area (Å²) in [7, 11) is 1.70. The number of hydrogen-bond acceptors (Lipinski definition) is 1. The van der Waals surface area contributed by atoms with Gasteiger partial charge in [-0.15, -0.1) is 0 Å². The van der Waals surface area contributed by atoms with Crippen LogP contribution in [0.4, 0.5) is 0 Å². The summed E-state index contributed by atoms with van der Waals surface area (Å²) in [6.07, 6.45) is 12.9. The maximum absolute atomic E-state index is 5.38. The molecule has 0 radical (unpaired) electrons. The van der Waals surface area contributed by atoms with Crippen molar-refractivity contribution in [2.45, 2.75) is 0 Å². The summed E-state index contributed by atoms with van der Waals surface area (Å²) in [4.78, 5) is 0. The summed E-state index contributed by atoms with van der Waals surface area (Å²) in [5.74, 6) is 0.868. The minimum atomic E-state index is 0.868. The number of hydrogen-bond donors (Lipinski definition) is 0. The number of ether oxygens (including phenoxy) is 1. The molecule has 0 aromatic heterocycles. The van der Waals surface area contributed by atoms with Crippen molar-refractivity contribution in [1.29, 1.82) is 0 Å². The van der Waals surface area contributed by atoms with Crippen molar-refractivity contribution < 1.29 is 4.74 Å². The van der Waals surface area contributed by atoms with Crippen molar-refractivity contribution in [1.82, 2.24) is 0 Å². The van der Waals surface area contributed by atoms with Crippen LogP contribution in [-0.4, -0.2) is 7.11 Å². The molecule has 0 bridgehead atoms. The quantitative estimate of drug-likeness (QED) is 0.242. The van der Waals surface area contributed by atoms with Gasteiger partial charge in [0.1, 0.15) is 5.75 Å². The summed E-state index contributed by atoms with van der Waals surface area (Å²) in [5.41, 5.74) is 12.5. The normalized spacial score (nSPS) is 13.5. The van der Waals surface area contributed by atoms with E-state index in [1.807, 2.05) is 12.1 Å². The highest BCUT2D eigenvalue weighted by Gasteiger charge is 2.26. The van der Waals surface area contributed by atoms with Gasteiger partial charge in [0.25, 0.3) is 0 Å². The first kappa shape index (κ1) is 22.3. The highest BCUT2D eigenvalue weighted by molar-refractivity contribution is 6.06. The van der Waals surface area contributed by atoms with E-state index in [4.69, 9.17) is 4.74 Å². The first-order valence-corrected chi connectivity index (χ1v) is 13.0. The topological polar surface area (TPSA) is 9.23 Å². The van der Waals surface area contributed by atoms with Crippen LogP contribution in [0.15, 0.2) is 145 Å². The Morgan fingerprint density at radius 3 is 1.84 bits per heavy atom. The molecule has 0 heterocycles. The van der Waals surface area contributed by atoms with Gasteiger partial charge >= 0.3 is 0 Å². The van der Waals surface area contributed by atoms with Gasteiger partial charge in [0.15, 0.2) is 0 Å². The molecule has 0 saturated carbocycles. The second-order valence-electron chi connectivity index (χ2n) is 9.71. The van der Waals surface area contributed by atoms with Crippen LogP contribution in [0, 0.1) is 0 Å². The molecule has 0 atom stereocenters. The molecule has 0 aliphatic heterocycles. The number of benzene rings is 5. The Bertz CT molecular complexity index is 1800. The molecule has 0 unspecified atom stereocenters. The van der Waals surface area contributed by atoms with E-state index >= 15 is 0 Å². The molecule has 0 spiro atoms. The molecular weight excluding hydrogens is 460 g/mol. The molecule has 2 aliphatic carbocycles. The first-order chi connectivity index (χ1) is 18.8. The van der Waals surface area contributed by atoms with Gasteiger partial charge in [-0.1, -0.05) is 115 Å². The molecule has 1 nitrogen and oxygen atoms in total. The fourth-order valence-corrected chi connectivity index (χ4v) is 5.70. The van der Waals surface area contributed by atoms with Crippen molar-refractivity contribution in [3.05, 3.63) is 156 Å². The highest BCUT2D eigenvalue weighted by atomic mass is 16.5. The van der Waals surface area contributed by atoms with Crippen molar-refractivity contribution in [2.75, 3.05) is 7.11 Å². The molecule has 5 aromatic carbocycles. The zero-order chi connectivity index (χ0) is 25.5. The molecule has 0 fully saturated rings. The summed E-state index contributed by atoms with van der Waals surface area (Å²) in [5, 5.41) is 2.54. The van der Waals surface area contributed by atoms with Crippen LogP contribution in [0.2, 0.25) is 0 Å². The zero-order valence-corrected chi connectivity index (χ0v) is 21.2. The van der Waals surface area contributed by atoms with Gasteiger partial charge in [-0.25, -0.2) is 0 Å². The van der Waals surface area contributed by atoms with E-state index in [1.165, 1.54) is 66.4 Å². The fourth-order valence-electron chi connectivity index (χ4n) is 5.70. The Kier molecular flexibility index (Phi) is 5.41. The zero-order valence-electron chi connectivity index (χ0n) is 21.2. The summed E-state index contributed by atoms with van der Waals surface area (Å²) >= 11 is 0. The van der Waals surface area contributed by atoms with Gasteiger partial charge in [-0.05, 0) is 90.7 Å². The molecule has 0 amide bonds. The second kappa shape index (κ2) is 9.21. The predicted molar refractivity (Wildman–Crippen MR) is 160 cm³/mol. The molecule has 0 saturated heterocycles. The predicted octanol–water partition coefficient (Wildman–Crippen LogP) is 9.65. The summed E-state index contributed by atoms with van der Waals surface area (Å²) in [6.45, 7) is 0. The molecule has 7 rings (SSSR count). The second-order valence-corrected chi connectivity index (χ2v) is 9.71. The minimum absolute atomic E-state index is 0.868. The van der Waals surface area contributed by atoms with Gasteiger partial charge in [0, 0.05) is 0 Å². The number of fused-ring (bicyclic) bond motifs is 4. The van der Waals surface area contributed by atoms with Crippen LogP contribution in [-0.2, 0) is 0 Å². The molecule has 5 aromatic rings. The van der Waals surface area contributed by atoms with E-state index in [0.29, 0.717) is 0 Å².